The third kappa shape index (κ3) is 6.80. The number of hydrogen-bond donors (Lipinski definition) is 2. The van der Waals surface area contributed by atoms with Gasteiger partial charge in [-0.25, -0.2) is 9.78 Å². The molecule has 2 aliphatic heterocycles. The topological polar surface area (TPSA) is 123 Å². The van der Waals surface area contributed by atoms with Crippen LogP contribution in [0.25, 0.3) is 11.0 Å². The number of carboxylic acids is 1. The molecule has 0 radical (unpaired) electrons. The highest BCUT2D eigenvalue weighted by Crippen LogP contribution is 2.49. The lowest BCUT2D eigenvalue weighted by Crippen LogP contribution is -2.34. The fourth-order valence-electron chi connectivity index (χ4n) is 6.01. The van der Waals surface area contributed by atoms with E-state index in [0.29, 0.717) is 36.8 Å². The van der Waals surface area contributed by atoms with Crippen LogP contribution in [0.4, 0.5) is 13.2 Å². The maximum Gasteiger partial charge on any atom is 0.416 e. The second-order valence-electron chi connectivity index (χ2n) is 11.2. The summed E-state index contributed by atoms with van der Waals surface area (Å²) in [4.78, 5) is 27.1. The first-order valence-corrected chi connectivity index (χ1v) is 14.7. The molecule has 4 aromatic rings. The summed E-state index contributed by atoms with van der Waals surface area (Å²) in [5.74, 6) is 0.0820. The Hall–Kier alpha value is -4.62. The molecule has 2 aliphatic rings. The third-order valence-electron chi connectivity index (χ3n) is 8.33. The molecule has 0 saturated carbocycles. The second-order valence-corrected chi connectivity index (χ2v) is 11.2. The third-order valence-corrected chi connectivity index (χ3v) is 8.33. The standard InChI is InChI=1S/C32H32F3N3O5.CH2O2/c1-31(22-7-9-23(10-8-22)32(33,34)35)42-27-5-3-4-24(29(27)43-31)20-12-14-37(15-13-20)19-28-36-25-11-6-21(30(39)40)18-26(25)38(28)16-17-41-2;2-1-3/h3-11,18,20H,12-17,19H2,1-2H3,(H,39,40);1H,(H,2,3). The maximum absolute atomic E-state index is 13.1. The molecule has 1 saturated heterocycles. The van der Waals surface area contributed by atoms with Crippen molar-refractivity contribution < 1.29 is 47.2 Å². The summed E-state index contributed by atoms with van der Waals surface area (Å²) in [7, 11) is 1.63. The van der Waals surface area contributed by atoms with Crippen LogP contribution in [-0.4, -0.2) is 63.9 Å². The Balaban J connectivity index is 0.00000134. The molecule has 3 heterocycles. The van der Waals surface area contributed by atoms with Crippen molar-refractivity contribution in [3.8, 4) is 11.5 Å². The van der Waals surface area contributed by atoms with Crippen LogP contribution in [0.2, 0.25) is 0 Å². The molecule has 2 N–H and O–H groups in total. The smallest absolute Gasteiger partial charge is 0.416 e. The lowest BCUT2D eigenvalue weighted by molar-refractivity contribution is -0.137. The molecule has 1 atom stereocenters. The normalized spacial score (nSPS) is 18.3. The van der Waals surface area contributed by atoms with Crippen molar-refractivity contribution in [3.05, 3.63) is 88.7 Å². The van der Waals surface area contributed by atoms with Gasteiger partial charge in [0.1, 0.15) is 5.82 Å². The summed E-state index contributed by atoms with van der Waals surface area (Å²) in [5, 5.41) is 16.4. The van der Waals surface area contributed by atoms with Gasteiger partial charge in [0.25, 0.3) is 12.3 Å². The van der Waals surface area contributed by atoms with E-state index in [-0.39, 0.29) is 18.0 Å². The molecule has 1 fully saturated rings. The Morgan fingerprint density at radius 2 is 1.80 bits per heavy atom. The Bertz CT molecular complexity index is 1700. The largest absolute Gasteiger partial charge is 0.483 e. The molecule has 1 aromatic heterocycles. The van der Waals surface area contributed by atoms with Crippen molar-refractivity contribution in [2.45, 2.75) is 50.7 Å². The number of methoxy groups -OCH3 is 1. The van der Waals surface area contributed by atoms with Gasteiger partial charge in [0.15, 0.2) is 11.5 Å². The van der Waals surface area contributed by atoms with Crippen LogP contribution in [-0.2, 0) is 34.6 Å². The van der Waals surface area contributed by atoms with E-state index in [1.807, 2.05) is 22.8 Å². The van der Waals surface area contributed by atoms with Crippen molar-refractivity contribution in [2.24, 2.45) is 0 Å². The Labute approximate surface area is 262 Å². The number of likely N-dealkylation sites (tertiary alicyclic amines) is 1. The minimum atomic E-state index is -4.41. The van der Waals surface area contributed by atoms with Crippen LogP contribution in [0.1, 0.15) is 58.6 Å². The summed E-state index contributed by atoms with van der Waals surface area (Å²) >= 11 is 0. The van der Waals surface area contributed by atoms with E-state index >= 15 is 0 Å². The van der Waals surface area contributed by atoms with Crippen molar-refractivity contribution in [3.63, 3.8) is 0 Å². The quantitative estimate of drug-likeness (QED) is 0.219. The zero-order valence-electron chi connectivity index (χ0n) is 25.3. The average molecular weight is 642 g/mol. The lowest BCUT2D eigenvalue weighted by Gasteiger charge is -2.32. The molecule has 6 rings (SSSR count). The van der Waals surface area contributed by atoms with E-state index < -0.39 is 23.5 Å². The molecule has 13 heteroatoms. The van der Waals surface area contributed by atoms with Crippen LogP contribution < -0.4 is 9.47 Å². The molecule has 244 valence electrons. The van der Waals surface area contributed by atoms with Crippen LogP contribution in [0.3, 0.4) is 0 Å². The van der Waals surface area contributed by atoms with Gasteiger partial charge in [-0.15, -0.1) is 0 Å². The number of alkyl halides is 3. The number of fused-ring (bicyclic) bond motifs is 2. The predicted octanol–water partition coefficient (Wildman–Crippen LogP) is 6.12. The average Bonchev–Trinajstić information content (AvgIpc) is 3.57. The highest BCUT2D eigenvalue weighted by Gasteiger charge is 2.42. The number of para-hydroxylation sites is 1. The monoisotopic (exact) mass is 641 g/mol. The van der Waals surface area contributed by atoms with Gasteiger partial charge < -0.3 is 29.0 Å². The Morgan fingerprint density at radius 3 is 2.43 bits per heavy atom. The van der Waals surface area contributed by atoms with E-state index in [0.717, 1.165) is 60.5 Å². The first kappa shape index (κ1) is 32.8. The zero-order chi connectivity index (χ0) is 33.1. The minimum absolute atomic E-state index is 0.217. The van der Waals surface area contributed by atoms with E-state index in [2.05, 4.69) is 4.90 Å². The van der Waals surface area contributed by atoms with E-state index in [4.69, 9.17) is 29.1 Å². The SMILES string of the molecule is COCCn1c(CN2CCC(c3cccc4c3OC(C)(c3ccc(C(F)(F)F)cc3)O4)CC2)nc2ccc(C(=O)O)cc21.O=CO. The molecule has 10 nitrogen and oxygen atoms in total. The van der Waals surface area contributed by atoms with Gasteiger partial charge >= 0.3 is 12.1 Å². The first-order valence-electron chi connectivity index (χ1n) is 14.7. The number of piperidine rings is 1. The maximum atomic E-state index is 13.1. The van der Waals surface area contributed by atoms with E-state index in [9.17, 15) is 23.1 Å². The van der Waals surface area contributed by atoms with Crippen LogP contribution >= 0.6 is 0 Å². The number of hydrogen-bond acceptors (Lipinski definition) is 7. The van der Waals surface area contributed by atoms with Gasteiger partial charge in [-0.1, -0.05) is 24.3 Å². The zero-order valence-corrected chi connectivity index (χ0v) is 25.3. The minimum Gasteiger partial charge on any atom is -0.483 e. The number of aromatic carboxylic acids is 1. The molecule has 0 bridgehead atoms. The summed E-state index contributed by atoms with van der Waals surface area (Å²) < 4.78 is 59.1. The van der Waals surface area contributed by atoms with Crippen LogP contribution in [0, 0.1) is 0 Å². The fraction of sp³-hybridized carbons (Fsp3) is 0.364. The highest BCUT2D eigenvalue weighted by molar-refractivity contribution is 5.92. The Kier molecular flexibility index (Phi) is 9.54. The van der Waals surface area contributed by atoms with Crippen molar-refractivity contribution in [1.29, 1.82) is 0 Å². The van der Waals surface area contributed by atoms with Crippen LogP contribution in [0.15, 0.2) is 60.7 Å². The number of benzene rings is 3. The van der Waals surface area contributed by atoms with E-state index in [1.165, 1.54) is 12.1 Å². The number of ether oxygens (including phenoxy) is 3. The first-order chi connectivity index (χ1) is 22.0. The van der Waals surface area contributed by atoms with Crippen molar-refractivity contribution in [1.82, 2.24) is 14.5 Å². The molecular weight excluding hydrogens is 607 g/mol. The summed E-state index contributed by atoms with van der Waals surface area (Å²) in [6.45, 7) is 4.76. The van der Waals surface area contributed by atoms with Crippen LogP contribution in [0.5, 0.6) is 11.5 Å². The molecule has 3 aromatic carbocycles. The molecular formula is C33H34F3N3O7. The highest BCUT2D eigenvalue weighted by atomic mass is 19.4. The Morgan fingerprint density at radius 1 is 1.11 bits per heavy atom. The van der Waals surface area contributed by atoms with Gasteiger partial charge in [-0.2, -0.15) is 13.2 Å². The number of aromatic nitrogens is 2. The second kappa shape index (κ2) is 13.4. The number of imidazole rings is 1. The lowest BCUT2D eigenvalue weighted by atomic mass is 9.88. The predicted molar refractivity (Wildman–Crippen MR) is 161 cm³/mol. The summed E-state index contributed by atoms with van der Waals surface area (Å²) in [5.41, 5.74) is 2.55. The number of nitrogens with zero attached hydrogens (tertiary/aromatic N) is 3. The molecule has 0 spiro atoms. The van der Waals surface area contributed by atoms with E-state index in [1.54, 1.807) is 32.2 Å². The van der Waals surface area contributed by atoms with Gasteiger partial charge in [0.05, 0.1) is 35.3 Å². The molecule has 1 unspecified atom stereocenters. The molecule has 46 heavy (non-hydrogen) atoms. The van der Waals surface area contributed by atoms with Gasteiger partial charge in [0.2, 0.25) is 0 Å². The number of carboxylic acid groups (broad SMARTS) is 2. The molecule has 0 aliphatic carbocycles. The van der Waals surface area contributed by atoms with Gasteiger partial charge in [0, 0.05) is 31.7 Å². The fourth-order valence-corrected chi connectivity index (χ4v) is 6.01. The van der Waals surface area contributed by atoms with Gasteiger partial charge in [-0.3, -0.25) is 9.69 Å². The van der Waals surface area contributed by atoms with Crippen molar-refractivity contribution >= 4 is 23.5 Å². The number of halogens is 3. The number of rotatable bonds is 8. The van der Waals surface area contributed by atoms with Crippen molar-refractivity contribution in [2.75, 3.05) is 26.8 Å². The summed E-state index contributed by atoms with van der Waals surface area (Å²) in [6.07, 6.45) is -2.67. The van der Waals surface area contributed by atoms with Gasteiger partial charge in [-0.05, 0) is 68.2 Å². The summed E-state index contributed by atoms with van der Waals surface area (Å²) in [6, 6.07) is 15.6. The molecule has 0 amide bonds. The number of carbonyl (C=O) groups is 2.